The number of ether oxygens (including phenoxy) is 9. The lowest BCUT2D eigenvalue weighted by molar-refractivity contribution is -0.210. The van der Waals surface area contributed by atoms with Crippen LogP contribution in [0, 0.1) is 144 Å². The van der Waals surface area contributed by atoms with E-state index in [1.807, 2.05) is 31.2 Å². The number of carbonyl (C=O) groups is 12. The minimum absolute atomic E-state index is 0.0100. The molecule has 0 aromatic heterocycles. The van der Waals surface area contributed by atoms with Gasteiger partial charge in [-0.3, -0.25) is 52.7 Å². The Hall–Kier alpha value is -7.16. The number of ketones is 8. The summed E-state index contributed by atoms with van der Waals surface area (Å²) < 4.78 is 55.8. The monoisotopic (exact) mass is 2050 g/mol. The molecular formula is C120H164O28. The van der Waals surface area contributed by atoms with Gasteiger partial charge in [0.25, 0.3) is 0 Å². The Balaban J connectivity index is 0.000000121. The molecule has 0 aromatic carbocycles. The maximum absolute atomic E-state index is 14.2. The van der Waals surface area contributed by atoms with Crippen molar-refractivity contribution in [2.45, 2.75) is 404 Å². The van der Waals surface area contributed by atoms with Gasteiger partial charge in [-0.05, 0) is 250 Å². The van der Waals surface area contributed by atoms with Gasteiger partial charge < -0.3 is 83.2 Å². The van der Waals surface area contributed by atoms with Gasteiger partial charge in [0.1, 0.15) is 12.9 Å². The largest absolute Gasteiger partial charge is 0.458 e. The minimum atomic E-state index is -2.09. The molecule has 19 fully saturated rings. The van der Waals surface area contributed by atoms with Gasteiger partial charge in [-0.15, -0.1) is 0 Å². The Morgan fingerprint density at radius 3 is 0.939 bits per heavy atom. The van der Waals surface area contributed by atoms with E-state index in [4.69, 9.17) is 42.6 Å². The molecule has 0 amide bonds. The Morgan fingerprint density at radius 2 is 0.655 bits per heavy atom. The number of Topliss-reactive ketones (excluding diaryl/α,β-unsaturated/α-hetero) is 4. The lowest BCUT2D eigenvalue weighted by Crippen LogP contribution is -2.63. The van der Waals surface area contributed by atoms with E-state index >= 15 is 0 Å². The van der Waals surface area contributed by atoms with Crippen molar-refractivity contribution < 1.29 is 136 Å². The molecule has 3 heterocycles. The number of aldehydes is 1. The summed E-state index contributed by atoms with van der Waals surface area (Å²) >= 11 is 0. The molecule has 20 aliphatic carbocycles. The van der Waals surface area contributed by atoms with Gasteiger partial charge in [0, 0.05) is 105 Å². The number of allylic oxidation sites excluding steroid dienone is 16. The zero-order chi connectivity index (χ0) is 106. The van der Waals surface area contributed by atoms with E-state index in [2.05, 4.69) is 41.5 Å². The third-order valence-corrected chi connectivity index (χ3v) is 43.9. The van der Waals surface area contributed by atoms with E-state index < -0.39 is 148 Å². The number of esters is 3. The van der Waals surface area contributed by atoms with E-state index in [0.717, 1.165) is 163 Å². The first kappa shape index (κ1) is 109. The number of carbonyl (C=O) groups excluding carboxylic acids is 12. The van der Waals surface area contributed by atoms with Crippen LogP contribution in [0.15, 0.2) is 95.2 Å². The standard InChI is InChI=1S/C32H44O7.C30H40O7.C28H38O6.C23H30O7.C7H12O/c1-18(2)28(36)37-17-25(35)32-26(38-29(39-32)19-8-6-5-7-9-19)15-23-22-11-10-20-14-21(33)12-13-30(20,3)27(22)24(34)16-31(23,32)4;1-17(31)35-16-24(34)30-25(36-27(37-30)18-7-5-4-6-8-18)14-22-21-10-9-19-13-20(32)11-12-28(19,2)26(21)23(33)15-29(22,30)3;1-26-11-10-18(30)12-17(26)8-9-19-20-13-23-28(22(32)15-29,27(20,2)14-21(31)24(19)26)34-25(33-23)16-6-4-3-5-7-16;1-12(24)30-11-19(28)23(29)18(27)9-16-15-5-4-13-8-14(25)6-7-21(13,2)20(15)17(26)10-22(16,23)3;8-6-7-4-2-1-3-5-7/h12-14,18-19,22-24,26-27,29,34H,5-11,15-17H2,1-4H3;11-13,18,21-23,25-27,33H,4-10,14-16H2,1-3H3;10-12,16,19-21,23-25,29,31H,3-9,13-15H2,1-2H3;6-8,15-18,20,26-27,29H,4-5,9-11H2,1-3H3;6-7H,1-5H2/t22?,23?,24-,26+,27?,29+,30-,31-,32+;21?,22?,23-,25+,26?,27+,28-,29-,30+;19?,20?,21-,23+,24?,25+,26-,27-,28+;15?,16?,17-,18+,20?,21-,22-,23-;/m0000./s1. The number of rotatable bonds is 16. The number of fused-ring (bicyclic) bond motifs is 26. The lowest BCUT2D eigenvalue weighted by atomic mass is 9.46. The van der Waals surface area contributed by atoms with Crippen molar-refractivity contribution in [2.75, 3.05) is 26.4 Å². The molecule has 7 N–H and O–H groups in total. The average Bonchev–Trinajstić information content (AvgIpc) is 1.51. The molecule has 0 bridgehead atoms. The van der Waals surface area contributed by atoms with Crippen LogP contribution >= 0.6 is 0 Å². The quantitative estimate of drug-likeness (QED) is 0.0429. The van der Waals surface area contributed by atoms with Gasteiger partial charge in [-0.25, -0.2) is 0 Å². The van der Waals surface area contributed by atoms with Crippen molar-refractivity contribution in [2.24, 2.45) is 144 Å². The van der Waals surface area contributed by atoms with Gasteiger partial charge >= 0.3 is 17.9 Å². The topological polar surface area (TPSA) is 430 Å². The first-order valence-corrected chi connectivity index (χ1v) is 56.8. The highest BCUT2D eigenvalue weighted by atomic mass is 16.8. The van der Waals surface area contributed by atoms with Gasteiger partial charge in [-0.2, -0.15) is 0 Å². The highest BCUT2D eigenvalue weighted by Crippen LogP contribution is 2.76. The predicted molar refractivity (Wildman–Crippen MR) is 540 cm³/mol. The first-order chi connectivity index (χ1) is 70.2. The second kappa shape index (κ2) is 41.2. The number of aliphatic hydroxyl groups excluding tert-OH is 6. The third kappa shape index (κ3) is 17.6. The predicted octanol–water partition coefficient (Wildman–Crippen LogP) is 15.1. The maximum atomic E-state index is 14.2. The Bertz CT molecular complexity index is 5430. The van der Waals surface area contributed by atoms with E-state index in [1.54, 1.807) is 69.4 Å². The lowest BCUT2D eigenvalue weighted by Gasteiger charge is -2.59. The van der Waals surface area contributed by atoms with Crippen LogP contribution in [-0.2, 0) is 100 Å². The molecule has 3 saturated heterocycles. The Kier molecular flexibility index (Phi) is 30.4. The molecule has 0 radical (unpaired) electrons. The molecule has 812 valence electrons. The van der Waals surface area contributed by atoms with Gasteiger partial charge in [0.15, 0.2) is 90.0 Å². The van der Waals surface area contributed by atoms with Crippen molar-refractivity contribution >= 4 is 70.5 Å². The zero-order valence-corrected chi connectivity index (χ0v) is 89.2. The van der Waals surface area contributed by atoms with Crippen LogP contribution in [0.3, 0.4) is 0 Å². The highest BCUT2D eigenvalue weighted by Gasteiger charge is 2.81. The Morgan fingerprint density at radius 1 is 0.378 bits per heavy atom. The van der Waals surface area contributed by atoms with Crippen molar-refractivity contribution in [1.29, 1.82) is 0 Å². The summed E-state index contributed by atoms with van der Waals surface area (Å²) in [6.45, 7) is 20.7. The molecule has 0 spiro atoms. The normalized spacial score (nSPS) is 46.0. The summed E-state index contributed by atoms with van der Waals surface area (Å²) in [5.74, 6) is -1.71. The van der Waals surface area contributed by atoms with Crippen LogP contribution in [0.1, 0.15) is 314 Å². The summed E-state index contributed by atoms with van der Waals surface area (Å²) in [4.78, 5) is 148. The zero-order valence-electron chi connectivity index (χ0n) is 89.2. The molecule has 28 heteroatoms. The highest BCUT2D eigenvalue weighted by molar-refractivity contribution is 6.03. The van der Waals surface area contributed by atoms with Crippen molar-refractivity contribution in [3.8, 4) is 0 Å². The number of aliphatic hydroxyl groups is 7. The molecule has 16 saturated carbocycles. The van der Waals surface area contributed by atoms with Crippen LogP contribution in [0.25, 0.3) is 0 Å². The van der Waals surface area contributed by atoms with Gasteiger partial charge in [0.2, 0.25) is 17.3 Å². The smallest absolute Gasteiger partial charge is 0.308 e. The van der Waals surface area contributed by atoms with E-state index in [0.29, 0.717) is 50.9 Å². The molecule has 3 aliphatic heterocycles. The fraction of sp³-hybridized carbons (Fsp3) is 0.767. The SMILES string of the molecule is CC(=O)OCC(=O)[C@@]1(O)[C@H](O)CC2C3CCC4=CC(=O)C=C[C@]4(C)C3[C@@H](O)C[C@@]21C.CC(=O)OCC(=O)[C@@]12O[C@H](C3CCCCC3)O[C@@H]1CC1C3CCC4=CC(=O)C=C[C@]4(C)C3[C@@H](O)C[C@@]12C.CC(C)C(=O)OCC(=O)[C@@]12O[C@H](C3CCCCC3)O[C@@H]1CC1C3CCC4=CC(=O)C=C[C@]4(C)C3[C@@H](O)C[C@@]12C.C[C@]12C=CC(=O)C=C1CCC1C2[C@@H](O)C[C@@]2(C)C1C[C@H]1O[C@@H](C3CCCCC3)O[C@]12C(=O)CO.O=CC1CCCCC1. The molecule has 35 atom stereocenters. The van der Waals surface area contributed by atoms with Gasteiger partial charge in [0.05, 0.1) is 54.7 Å². The van der Waals surface area contributed by atoms with E-state index in [1.165, 1.54) is 52.4 Å². The minimum Gasteiger partial charge on any atom is -0.458 e. The van der Waals surface area contributed by atoms with E-state index in [-0.39, 0.29) is 184 Å². The molecule has 28 nitrogen and oxygen atoms in total. The molecular weight excluding hydrogens is 1890 g/mol. The summed E-state index contributed by atoms with van der Waals surface area (Å²) in [6, 6.07) is 0. The summed E-state index contributed by atoms with van der Waals surface area (Å²) in [6.07, 6.45) is 48.9. The average molecular weight is 2050 g/mol. The van der Waals surface area contributed by atoms with Gasteiger partial charge in [-0.1, -0.05) is 193 Å². The Labute approximate surface area is 871 Å². The van der Waals surface area contributed by atoms with Crippen LogP contribution < -0.4 is 0 Å². The van der Waals surface area contributed by atoms with E-state index in [9.17, 15) is 93.3 Å². The fourth-order valence-electron chi connectivity index (χ4n) is 36.8. The number of hydrogen-bond acceptors (Lipinski definition) is 28. The molecule has 148 heavy (non-hydrogen) atoms. The van der Waals surface area contributed by atoms with Crippen molar-refractivity contribution in [1.82, 2.24) is 0 Å². The molecule has 12 unspecified atom stereocenters. The molecule has 23 rings (SSSR count). The molecule has 0 aromatic rings. The summed E-state index contributed by atoms with van der Waals surface area (Å²) in [7, 11) is 0. The van der Waals surface area contributed by atoms with Crippen LogP contribution in [-0.4, -0.2) is 223 Å². The number of hydrogen-bond donors (Lipinski definition) is 7. The van der Waals surface area contributed by atoms with Crippen LogP contribution in [0.2, 0.25) is 0 Å². The summed E-state index contributed by atoms with van der Waals surface area (Å²) in [5, 5.41) is 79.0. The van der Waals surface area contributed by atoms with Crippen molar-refractivity contribution in [3.63, 3.8) is 0 Å². The third-order valence-electron chi connectivity index (χ3n) is 43.9. The fourth-order valence-corrected chi connectivity index (χ4v) is 36.8. The van der Waals surface area contributed by atoms with Crippen LogP contribution in [0.4, 0.5) is 0 Å². The summed E-state index contributed by atoms with van der Waals surface area (Å²) in [5.41, 5.74) is -5.97. The van der Waals surface area contributed by atoms with Crippen molar-refractivity contribution in [3.05, 3.63) is 95.2 Å². The first-order valence-electron chi connectivity index (χ1n) is 56.8. The maximum Gasteiger partial charge on any atom is 0.308 e. The van der Waals surface area contributed by atoms with Crippen LogP contribution in [0.5, 0.6) is 0 Å². The molecule has 23 aliphatic rings. The second-order valence-electron chi connectivity index (χ2n) is 51.5. The second-order valence-corrected chi connectivity index (χ2v) is 51.5.